The Morgan fingerprint density at radius 2 is 2.19 bits per heavy atom. The lowest BCUT2D eigenvalue weighted by atomic mass is 9.99. The third-order valence-corrected chi connectivity index (χ3v) is 3.16. The van der Waals surface area contributed by atoms with Crippen LogP contribution in [0.2, 0.25) is 0 Å². The molecule has 2 N–H and O–H groups in total. The van der Waals surface area contributed by atoms with Gasteiger partial charge in [0.25, 0.3) is 0 Å². The van der Waals surface area contributed by atoms with Crippen molar-refractivity contribution in [3.63, 3.8) is 0 Å². The van der Waals surface area contributed by atoms with Crippen molar-refractivity contribution in [1.82, 2.24) is 5.32 Å². The molecular weight excluding hydrogens is 285 g/mol. The number of benzene rings is 1. The highest BCUT2D eigenvalue weighted by atomic mass is 19.4. The van der Waals surface area contributed by atoms with Gasteiger partial charge in [-0.1, -0.05) is 12.1 Å². The van der Waals surface area contributed by atoms with Crippen LogP contribution in [0.15, 0.2) is 18.2 Å². The lowest BCUT2D eigenvalue weighted by Gasteiger charge is -2.20. The molecule has 0 spiro atoms. The number of rotatable bonds is 5. The number of anilines is 1. The minimum Gasteiger partial charge on any atom is -0.372 e. The summed E-state index contributed by atoms with van der Waals surface area (Å²) in [5, 5.41) is 5.95. The van der Waals surface area contributed by atoms with E-state index in [9.17, 15) is 18.0 Å². The van der Waals surface area contributed by atoms with Crippen LogP contribution in [0.25, 0.3) is 0 Å². The standard InChI is InChI=1S/C14H17F3N2O2/c15-14(16,17)9-21-7-5-13(20)19-12-3-1-2-10-4-6-18-8-11(10)12/h1-3,18H,4-9H2,(H,19,20). The smallest absolute Gasteiger partial charge is 0.372 e. The molecule has 0 atom stereocenters. The quantitative estimate of drug-likeness (QED) is 0.820. The summed E-state index contributed by atoms with van der Waals surface area (Å²) in [6, 6.07) is 5.67. The van der Waals surface area contributed by atoms with Gasteiger partial charge in [-0.05, 0) is 30.2 Å². The molecule has 21 heavy (non-hydrogen) atoms. The summed E-state index contributed by atoms with van der Waals surface area (Å²) in [7, 11) is 0. The number of carbonyl (C=O) groups is 1. The largest absolute Gasteiger partial charge is 0.411 e. The third-order valence-electron chi connectivity index (χ3n) is 3.16. The van der Waals surface area contributed by atoms with Crippen molar-refractivity contribution in [2.24, 2.45) is 0 Å². The van der Waals surface area contributed by atoms with Crippen molar-refractivity contribution < 1.29 is 22.7 Å². The van der Waals surface area contributed by atoms with Crippen molar-refractivity contribution in [2.45, 2.75) is 25.6 Å². The van der Waals surface area contributed by atoms with Crippen molar-refractivity contribution in [3.05, 3.63) is 29.3 Å². The van der Waals surface area contributed by atoms with Gasteiger partial charge < -0.3 is 15.4 Å². The molecule has 7 heteroatoms. The summed E-state index contributed by atoms with van der Waals surface area (Å²) in [5.41, 5.74) is 2.92. The molecule has 4 nitrogen and oxygen atoms in total. The Labute approximate surface area is 120 Å². The SMILES string of the molecule is O=C(CCOCC(F)(F)F)Nc1cccc2c1CNCC2. The summed E-state index contributed by atoms with van der Waals surface area (Å²) in [4.78, 5) is 11.7. The number of carbonyl (C=O) groups excluding carboxylic acids is 1. The van der Waals surface area contributed by atoms with Crippen LogP contribution in [-0.4, -0.2) is 31.8 Å². The Hall–Kier alpha value is -1.60. The zero-order valence-corrected chi connectivity index (χ0v) is 11.4. The molecule has 1 aromatic carbocycles. The Morgan fingerprint density at radius 3 is 2.95 bits per heavy atom. The van der Waals surface area contributed by atoms with Crippen LogP contribution in [0.1, 0.15) is 17.5 Å². The molecular formula is C14H17F3N2O2. The van der Waals surface area contributed by atoms with Crippen LogP contribution in [0.4, 0.5) is 18.9 Å². The molecule has 0 unspecified atom stereocenters. The highest BCUT2D eigenvalue weighted by molar-refractivity contribution is 5.91. The molecule has 1 aliphatic rings. The van der Waals surface area contributed by atoms with Gasteiger partial charge in [-0.2, -0.15) is 13.2 Å². The first-order valence-corrected chi connectivity index (χ1v) is 6.71. The molecule has 0 aromatic heterocycles. The average molecular weight is 302 g/mol. The zero-order chi connectivity index (χ0) is 15.3. The van der Waals surface area contributed by atoms with Crippen LogP contribution in [-0.2, 0) is 22.5 Å². The molecule has 0 bridgehead atoms. The van der Waals surface area contributed by atoms with Gasteiger partial charge in [-0.3, -0.25) is 4.79 Å². The minimum atomic E-state index is -4.36. The Morgan fingerprint density at radius 1 is 1.38 bits per heavy atom. The first-order chi connectivity index (χ1) is 9.96. The second kappa shape index (κ2) is 6.91. The molecule has 2 rings (SSSR count). The molecule has 0 saturated carbocycles. The second-order valence-electron chi connectivity index (χ2n) is 4.84. The highest BCUT2D eigenvalue weighted by Gasteiger charge is 2.27. The normalized spacial score (nSPS) is 14.6. The predicted octanol–water partition coefficient (Wildman–Crippen LogP) is 2.24. The van der Waals surface area contributed by atoms with Gasteiger partial charge in [-0.15, -0.1) is 0 Å². The fourth-order valence-electron chi connectivity index (χ4n) is 2.20. The monoisotopic (exact) mass is 302 g/mol. The molecule has 1 heterocycles. The maximum Gasteiger partial charge on any atom is 0.411 e. The Balaban J connectivity index is 1.83. The maximum atomic E-state index is 11.9. The first-order valence-electron chi connectivity index (χ1n) is 6.71. The maximum absolute atomic E-state index is 11.9. The van der Waals surface area contributed by atoms with Crippen molar-refractivity contribution in [3.8, 4) is 0 Å². The Bertz CT molecular complexity index is 503. The number of halogens is 3. The van der Waals surface area contributed by atoms with E-state index >= 15 is 0 Å². The van der Waals surface area contributed by atoms with Gasteiger partial charge in [0, 0.05) is 12.2 Å². The molecule has 1 amide bonds. The van der Waals surface area contributed by atoms with E-state index in [4.69, 9.17) is 0 Å². The lowest BCUT2D eigenvalue weighted by Crippen LogP contribution is -2.26. The molecule has 0 fully saturated rings. The van der Waals surface area contributed by atoms with Crippen LogP contribution in [0.5, 0.6) is 0 Å². The Kier molecular flexibility index (Phi) is 5.19. The number of amides is 1. The third kappa shape index (κ3) is 5.02. The average Bonchev–Trinajstić information content (AvgIpc) is 2.43. The van der Waals surface area contributed by atoms with E-state index in [-0.39, 0.29) is 18.9 Å². The highest BCUT2D eigenvalue weighted by Crippen LogP contribution is 2.23. The summed E-state index contributed by atoms with van der Waals surface area (Å²) in [5.74, 6) is -0.351. The number of nitrogens with one attached hydrogen (secondary N) is 2. The van der Waals surface area contributed by atoms with E-state index in [0.717, 1.165) is 18.5 Å². The molecule has 0 saturated heterocycles. The number of ether oxygens (including phenoxy) is 1. The fraction of sp³-hybridized carbons (Fsp3) is 0.500. The van der Waals surface area contributed by atoms with Crippen LogP contribution < -0.4 is 10.6 Å². The first kappa shape index (κ1) is 15.8. The number of hydrogen-bond donors (Lipinski definition) is 2. The van der Waals surface area contributed by atoms with Gasteiger partial charge >= 0.3 is 6.18 Å². The van der Waals surface area contributed by atoms with E-state index in [1.54, 1.807) is 6.07 Å². The van der Waals surface area contributed by atoms with Gasteiger partial charge in [0.1, 0.15) is 6.61 Å². The summed E-state index contributed by atoms with van der Waals surface area (Å²) in [6.45, 7) is -0.00437. The van der Waals surface area contributed by atoms with Crippen LogP contribution in [0, 0.1) is 0 Å². The fourth-order valence-corrected chi connectivity index (χ4v) is 2.20. The number of hydrogen-bond acceptors (Lipinski definition) is 3. The van der Waals surface area contributed by atoms with E-state index in [1.165, 1.54) is 5.56 Å². The van der Waals surface area contributed by atoms with Gasteiger partial charge in [0.05, 0.1) is 13.0 Å². The van der Waals surface area contributed by atoms with Gasteiger partial charge in [0.15, 0.2) is 0 Å². The van der Waals surface area contributed by atoms with Crippen molar-refractivity contribution >= 4 is 11.6 Å². The minimum absolute atomic E-state index is 0.104. The van der Waals surface area contributed by atoms with Crippen LogP contribution in [0.3, 0.4) is 0 Å². The van der Waals surface area contributed by atoms with Gasteiger partial charge in [0.2, 0.25) is 5.91 Å². The molecule has 1 aromatic rings. The summed E-state index contributed by atoms with van der Waals surface area (Å²) >= 11 is 0. The summed E-state index contributed by atoms with van der Waals surface area (Å²) < 4.78 is 40.1. The molecule has 0 radical (unpaired) electrons. The number of alkyl halides is 3. The topological polar surface area (TPSA) is 50.4 Å². The zero-order valence-electron chi connectivity index (χ0n) is 11.4. The molecule has 116 valence electrons. The van der Waals surface area contributed by atoms with Crippen molar-refractivity contribution in [1.29, 1.82) is 0 Å². The van der Waals surface area contributed by atoms with Crippen LogP contribution >= 0.6 is 0 Å². The lowest BCUT2D eigenvalue weighted by molar-refractivity contribution is -0.174. The second-order valence-corrected chi connectivity index (χ2v) is 4.84. The van der Waals surface area contributed by atoms with E-state index < -0.39 is 12.8 Å². The number of fused-ring (bicyclic) bond motifs is 1. The molecule has 1 aliphatic heterocycles. The van der Waals surface area contributed by atoms with Gasteiger partial charge in [-0.25, -0.2) is 0 Å². The predicted molar refractivity (Wildman–Crippen MR) is 72.0 cm³/mol. The summed E-state index contributed by atoms with van der Waals surface area (Å²) in [6.07, 6.45) is -3.57. The molecule has 0 aliphatic carbocycles. The van der Waals surface area contributed by atoms with Crippen molar-refractivity contribution in [2.75, 3.05) is 25.1 Å². The van der Waals surface area contributed by atoms with E-state index in [0.29, 0.717) is 12.2 Å². The van der Waals surface area contributed by atoms with E-state index in [2.05, 4.69) is 15.4 Å². The van der Waals surface area contributed by atoms with E-state index in [1.807, 2.05) is 12.1 Å².